The molecular formula is C22H25N3O. The molecule has 0 saturated carbocycles. The summed E-state index contributed by atoms with van der Waals surface area (Å²) in [6.07, 6.45) is 8.17. The SMILES string of the molecule is Cc1ncc2c(n1)C1(CCCN(C(=O)C3Cc4ccccc4C3)C1)CC2. The van der Waals surface area contributed by atoms with Crippen LogP contribution in [-0.4, -0.2) is 33.9 Å². The van der Waals surface area contributed by atoms with Gasteiger partial charge in [-0.25, -0.2) is 9.97 Å². The lowest BCUT2D eigenvalue weighted by molar-refractivity contribution is -0.137. The van der Waals surface area contributed by atoms with Crippen molar-refractivity contribution in [2.75, 3.05) is 13.1 Å². The third-order valence-corrected chi connectivity index (χ3v) is 6.65. The molecule has 1 aromatic carbocycles. The van der Waals surface area contributed by atoms with Crippen LogP contribution in [0.5, 0.6) is 0 Å². The van der Waals surface area contributed by atoms with Crippen LogP contribution < -0.4 is 0 Å². The van der Waals surface area contributed by atoms with E-state index in [1.54, 1.807) is 0 Å². The molecule has 1 amide bonds. The number of carbonyl (C=O) groups excluding carboxylic acids is 1. The number of hydrogen-bond acceptors (Lipinski definition) is 3. The van der Waals surface area contributed by atoms with Crippen LogP contribution in [0.4, 0.5) is 0 Å². The lowest BCUT2D eigenvalue weighted by atomic mass is 9.77. The molecule has 2 heterocycles. The second-order valence-electron chi connectivity index (χ2n) is 8.31. The van der Waals surface area contributed by atoms with Crippen molar-refractivity contribution in [1.29, 1.82) is 0 Å². The zero-order chi connectivity index (χ0) is 17.7. The van der Waals surface area contributed by atoms with Crippen LogP contribution >= 0.6 is 0 Å². The van der Waals surface area contributed by atoms with E-state index in [4.69, 9.17) is 4.98 Å². The minimum atomic E-state index is 0.0579. The number of aryl methyl sites for hydroxylation is 2. The van der Waals surface area contributed by atoms with Crippen molar-refractivity contribution in [3.63, 3.8) is 0 Å². The molecule has 4 heteroatoms. The molecule has 1 aromatic heterocycles. The number of amides is 1. The first-order valence-corrected chi connectivity index (χ1v) is 9.83. The number of fused-ring (bicyclic) bond motifs is 3. The Morgan fingerprint density at radius 3 is 2.69 bits per heavy atom. The van der Waals surface area contributed by atoms with E-state index in [1.807, 2.05) is 13.1 Å². The monoisotopic (exact) mass is 347 g/mol. The average Bonchev–Trinajstić information content (AvgIpc) is 3.24. The van der Waals surface area contributed by atoms with Gasteiger partial charge >= 0.3 is 0 Å². The van der Waals surface area contributed by atoms with Gasteiger partial charge in [-0.1, -0.05) is 24.3 Å². The van der Waals surface area contributed by atoms with Gasteiger partial charge in [0.2, 0.25) is 5.91 Å². The molecule has 1 atom stereocenters. The molecule has 0 radical (unpaired) electrons. The van der Waals surface area contributed by atoms with Crippen LogP contribution in [0, 0.1) is 12.8 Å². The summed E-state index contributed by atoms with van der Waals surface area (Å²) in [6.45, 7) is 3.70. The number of rotatable bonds is 1. The third-order valence-electron chi connectivity index (χ3n) is 6.65. The van der Waals surface area contributed by atoms with E-state index in [0.29, 0.717) is 5.91 Å². The van der Waals surface area contributed by atoms with Crippen molar-refractivity contribution in [2.24, 2.45) is 5.92 Å². The van der Waals surface area contributed by atoms with E-state index >= 15 is 0 Å². The molecule has 5 rings (SSSR count). The lowest BCUT2D eigenvalue weighted by Gasteiger charge is -2.41. The number of aromatic nitrogens is 2. The van der Waals surface area contributed by atoms with Crippen LogP contribution in [0.3, 0.4) is 0 Å². The molecule has 1 aliphatic heterocycles. The van der Waals surface area contributed by atoms with Crippen molar-refractivity contribution in [1.82, 2.24) is 14.9 Å². The van der Waals surface area contributed by atoms with Crippen molar-refractivity contribution >= 4 is 5.91 Å². The number of likely N-dealkylation sites (tertiary alicyclic amines) is 1. The highest BCUT2D eigenvalue weighted by Crippen LogP contribution is 2.44. The van der Waals surface area contributed by atoms with Gasteiger partial charge in [0, 0.05) is 30.6 Å². The maximum atomic E-state index is 13.3. The van der Waals surface area contributed by atoms with E-state index < -0.39 is 0 Å². The Kier molecular flexibility index (Phi) is 3.63. The summed E-state index contributed by atoms with van der Waals surface area (Å²) in [5.41, 5.74) is 5.28. The van der Waals surface area contributed by atoms with Gasteiger partial charge < -0.3 is 4.90 Å². The Morgan fingerprint density at radius 2 is 1.92 bits per heavy atom. The predicted octanol–water partition coefficient (Wildman–Crippen LogP) is 3.01. The molecular weight excluding hydrogens is 322 g/mol. The second kappa shape index (κ2) is 5.90. The van der Waals surface area contributed by atoms with Crippen LogP contribution in [0.25, 0.3) is 0 Å². The van der Waals surface area contributed by atoms with E-state index in [1.165, 1.54) is 22.4 Å². The lowest BCUT2D eigenvalue weighted by Crippen LogP contribution is -2.49. The van der Waals surface area contributed by atoms with Gasteiger partial charge in [0.1, 0.15) is 5.82 Å². The van der Waals surface area contributed by atoms with Crippen LogP contribution in [-0.2, 0) is 29.5 Å². The molecule has 3 aliphatic rings. The molecule has 2 aromatic rings. The molecule has 1 fully saturated rings. The molecule has 4 nitrogen and oxygen atoms in total. The molecule has 26 heavy (non-hydrogen) atoms. The molecule has 134 valence electrons. The molecule has 0 bridgehead atoms. The van der Waals surface area contributed by atoms with Crippen LogP contribution in [0.1, 0.15) is 47.5 Å². The molecule has 1 unspecified atom stereocenters. The van der Waals surface area contributed by atoms with Gasteiger partial charge in [0.05, 0.1) is 5.69 Å². The van der Waals surface area contributed by atoms with Crippen LogP contribution in [0.15, 0.2) is 30.5 Å². The van der Waals surface area contributed by atoms with Crippen LogP contribution in [0.2, 0.25) is 0 Å². The highest BCUT2D eigenvalue weighted by atomic mass is 16.2. The van der Waals surface area contributed by atoms with E-state index in [-0.39, 0.29) is 11.3 Å². The topological polar surface area (TPSA) is 46.1 Å². The average molecular weight is 347 g/mol. The van der Waals surface area contributed by atoms with Gasteiger partial charge in [-0.05, 0) is 62.1 Å². The number of hydrogen-bond donors (Lipinski definition) is 0. The second-order valence-corrected chi connectivity index (χ2v) is 8.31. The Balaban J connectivity index is 1.38. The molecule has 2 aliphatic carbocycles. The Bertz CT molecular complexity index is 848. The van der Waals surface area contributed by atoms with Crippen molar-refractivity contribution in [2.45, 2.75) is 50.9 Å². The zero-order valence-corrected chi connectivity index (χ0v) is 15.4. The van der Waals surface area contributed by atoms with Crippen molar-refractivity contribution in [3.8, 4) is 0 Å². The third kappa shape index (κ3) is 2.46. The fourth-order valence-electron chi connectivity index (χ4n) is 5.34. The first-order chi connectivity index (χ1) is 12.6. The highest BCUT2D eigenvalue weighted by molar-refractivity contribution is 5.80. The quantitative estimate of drug-likeness (QED) is 0.797. The number of piperidine rings is 1. The summed E-state index contributed by atoms with van der Waals surface area (Å²) < 4.78 is 0. The Hall–Kier alpha value is -2.23. The summed E-state index contributed by atoms with van der Waals surface area (Å²) in [4.78, 5) is 24.6. The highest BCUT2D eigenvalue weighted by Gasteiger charge is 2.45. The van der Waals surface area contributed by atoms with Gasteiger partial charge in [0.25, 0.3) is 0 Å². The van der Waals surface area contributed by atoms with Crippen molar-refractivity contribution < 1.29 is 4.79 Å². The van der Waals surface area contributed by atoms with Gasteiger partial charge in [-0.15, -0.1) is 0 Å². The Labute approximate surface area is 154 Å². The maximum absolute atomic E-state index is 13.3. The summed E-state index contributed by atoms with van der Waals surface area (Å²) in [5.74, 6) is 1.31. The van der Waals surface area contributed by atoms with Crippen molar-refractivity contribution in [3.05, 3.63) is 58.7 Å². The maximum Gasteiger partial charge on any atom is 0.226 e. The summed E-state index contributed by atoms with van der Waals surface area (Å²) in [7, 11) is 0. The predicted molar refractivity (Wildman–Crippen MR) is 99.9 cm³/mol. The summed E-state index contributed by atoms with van der Waals surface area (Å²) in [5, 5.41) is 0. The number of benzene rings is 1. The largest absolute Gasteiger partial charge is 0.341 e. The Morgan fingerprint density at radius 1 is 1.15 bits per heavy atom. The minimum absolute atomic E-state index is 0.0579. The first-order valence-electron chi connectivity index (χ1n) is 9.83. The normalized spacial score (nSPS) is 24.7. The fraction of sp³-hybridized carbons (Fsp3) is 0.500. The fourth-order valence-corrected chi connectivity index (χ4v) is 5.34. The zero-order valence-electron chi connectivity index (χ0n) is 15.4. The van der Waals surface area contributed by atoms with E-state index in [0.717, 1.165) is 57.4 Å². The standard InChI is InChI=1S/C22H25N3O/c1-15-23-13-18-7-9-22(20(18)24-15)8-4-10-25(14-22)21(26)19-11-16-5-2-3-6-17(16)12-19/h2-3,5-6,13,19H,4,7-12,14H2,1H3. The summed E-state index contributed by atoms with van der Waals surface area (Å²) in [6, 6.07) is 8.51. The number of nitrogens with zero attached hydrogens (tertiary/aromatic N) is 3. The first kappa shape index (κ1) is 16.0. The van der Waals surface area contributed by atoms with Gasteiger partial charge in [-0.3, -0.25) is 4.79 Å². The van der Waals surface area contributed by atoms with Gasteiger partial charge in [0.15, 0.2) is 0 Å². The molecule has 1 spiro atoms. The van der Waals surface area contributed by atoms with E-state index in [2.05, 4.69) is 34.1 Å². The molecule has 1 saturated heterocycles. The summed E-state index contributed by atoms with van der Waals surface area (Å²) >= 11 is 0. The van der Waals surface area contributed by atoms with Gasteiger partial charge in [-0.2, -0.15) is 0 Å². The molecule has 0 N–H and O–H groups in total. The minimum Gasteiger partial charge on any atom is -0.341 e. The van der Waals surface area contributed by atoms with E-state index in [9.17, 15) is 4.79 Å². The smallest absolute Gasteiger partial charge is 0.226 e. The number of carbonyl (C=O) groups is 1.